The molecule has 5 nitrogen and oxygen atoms in total. The third-order valence-corrected chi connectivity index (χ3v) is 5.41. The molecule has 0 aliphatic heterocycles. The van der Waals surface area contributed by atoms with Crippen molar-refractivity contribution in [3.8, 4) is 0 Å². The van der Waals surface area contributed by atoms with Crippen LogP contribution >= 0.6 is 0 Å². The van der Waals surface area contributed by atoms with Gasteiger partial charge in [-0.3, -0.25) is 9.20 Å². The molecule has 0 aliphatic carbocycles. The SMILES string of the molecule is CCNC(=NCC(CO)c1ccccc1)NCCS(=O)Cc1ccccc1. The number of hydrogen-bond donors (Lipinski definition) is 3. The highest BCUT2D eigenvalue weighted by Gasteiger charge is 2.10. The van der Waals surface area contributed by atoms with Gasteiger partial charge in [-0.2, -0.15) is 0 Å². The van der Waals surface area contributed by atoms with E-state index in [0.29, 0.717) is 30.6 Å². The molecule has 0 aromatic heterocycles. The summed E-state index contributed by atoms with van der Waals surface area (Å²) in [5.41, 5.74) is 2.16. The molecule has 2 rings (SSSR count). The number of hydrogen-bond acceptors (Lipinski definition) is 3. The summed E-state index contributed by atoms with van der Waals surface area (Å²) in [5.74, 6) is 1.77. The topological polar surface area (TPSA) is 73.7 Å². The Balaban J connectivity index is 1.83. The molecule has 6 heteroatoms. The largest absolute Gasteiger partial charge is 0.396 e. The van der Waals surface area contributed by atoms with E-state index in [2.05, 4.69) is 15.6 Å². The predicted molar refractivity (Wildman–Crippen MR) is 113 cm³/mol. The molecule has 0 bridgehead atoms. The minimum Gasteiger partial charge on any atom is -0.396 e. The van der Waals surface area contributed by atoms with E-state index in [1.165, 1.54) is 0 Å². The Kier molecular flexibility index (Phi) is 9.58. The second-order valence-corrected chi connectivity index (χ2v) is 7.79. The zero-order valence-electron chi connectivity index (χ0n) is 15.8. The quantitative estimate of drug-likeness (QED) is 0.432. The molecule has 3 N–H and O–H groups in total. The van der Waals surface area contributed by atoms with Crippen LogP contribution in [0.2, 0.25) is 0 Å². The molecule has 2 unspecified atom stereocenters. The Morgan fingerprint density at radius 2 is 1.74 bits per heavy atom. The molecule has 0 saturated heterocycles. The van der Waals surface area contributed by atoms with E-state index in [1.54, 1.807) is 0 Å². The molecule has 0 aliphatic rings. The molecular formula is C21H29N3O2S. The summed E-state index contributed by atoms with van der Waals surface area (Å²) in [6, 6.07) is 19.8. The second-order valence-electron chi connectivity index (χ2n) is 6.21. The summed E-state index contributed by atoms with van der Waals surface area (Å²) in [7, 11) is -0.921. The normalized spacial score (nSPS) is 13.8. The van der Waals surface area contributed by atoms with Crippen LogP contribution in [0.4, 0.5) is 0 Å². The number of nitrogens with zero attached hydrogens (tertiary/aromatic N) is 1. The van der Waals surface area contributed by atoms with Crippen LogP contribution in [-0.2, 0) is 16.6 Å². The van der Waals surface area contributed by atoms with Crippen LogP contribution in [0.5, 0.6) is 0 Å². The van der Waals surface area contributed by atoms with Gasteiger partial charge in [-0.25, -0.2) is 0 Å². The third-order valence-electron chi connectivity index (χ3n) is 4.10. The number of nitrogens with one attached hydrogen (secondary N) is 2. The van der Waals surface area contributed by atoms with Crippen molar-refractivity contribution in [2.75, 3.05) is 32.0 Å². The number of aliphatic imine (C=N–C) groups is 1. The maximum Gasteiger partial charge on any atom is 0.191 e. The van der Waals surface area contributed by atoms with Crippen molar-refractivity contribution in [3.63, 3.8) is 0 Å². The average Bonchev–Trinajstić information content (AvgIpc) is 2.70. The lowest BCUT2D eigenvalue weighted by atomic mass is 10.0. The second kappa shape index (κ2) is 12.3. The molecule has 146 valence electrons. The first-order valence-electron chi connectivity index (χ1n) is 9.29. The molecule has 2 aromatic carbocycles. The fourth-order valence-electron chi connectivity index (χ4n) is 2.65. The monoisotopic (exact) mass is 387 g/mol. The van der Waals surface area contributed by atoms with E-state index in [-0.39, 0.29) is 12.5 Å². The summed E-state index contributed by atoms with van der Waals surface area (Å²) in [6.07, 6.45) is 0. The van der Waals surface area contributed by atoms with Gasteiger partial charge in [0.25, 0.3) is 0 Å². The Bertz CT molecular complexity index is 708. The highest BCUT2D eigenvalue weighted by atomic mass is 32.2. The predicted octanol–water partition coefficient (Wildman–Crippen LogP) is 2.27. The van der Waals surface area contributed by atoms with Crippen LogP contribution in [0.15, 0.2) is 65.7 Å². The summed E-state index contributed by atoms with van der Waals surface area (Å²) >= 11 is 0. The van der Waals surface area contributed by atoms with Gasteiger partial charge in [-0.05, 0) is 18.1 Å². The highest BCUT2D eigenvalue weighted by Crippen LogP contribution is 2.14. The molecule has 0 heterocycles. The smallest absolute Gasteiger partial charge is 0.191 e. The Labute approximate surface area is 164 Å². The van der Waals surface area contributed by atoms with Crippen molar-refractivity contribution >= 4 is 16.8 Å². The standard InChI is InChI=1S/C21H29N3O2S/c1-2-22-21(24-15-20(16-25)19-11-7-4-8-12-19)23-13-14-27(26)17-18-9-5-3-6-10-18/h3-12,20,25H,2,13-17H2,1H3,(H2,22,23,24). The number of rotatable bonds is 10. The van der Waals surface area contributed by atoms with Gasteiger partial charge >= 0.3 is 0 Å². The lowest BCUT2D eigenvalue weighted by molar-refractivity contribution is 0.268. The molecule has 2 aromatic rings. The van der Waals surface area contributed by atoms with Crippen LogP contribution < -0.4 is 10.6 Å². The maximum atomic E-state index is 12.2. The number of aliphatic hydroxyl groups excluding tert-OH is 1. The molecular weight excluding hydrogens is 358 g/mol. The van der Waals surface area contributed by atoms with Crippen LogP contribution in [0.1, 0.15) is 24.0 Å². The number of benzene rings is 2. The minimum atomic E-state index is -0.921. The first kappa shape index (κ1) is 21.1. The first-order valence-corrected chi connectivity index (χ1v) is 10.8. The summed E-state index contributed by atoms with van der Waals surface area (Å²) < 4.78 is 12.2. The summed E-state index contributed by atoms with van der Waals surface area (Å²) in [6.45, 7) is 3.87. The van der Waals surface area contributed by atoms with Crippen molar-refractivity contribution in [1.29, 1.82) is 0 Å². The zero-order chi connectivity index (χ0) is 19.3. The fraction of sp³-hybridized carbons (Fsp3) is 0.381. The van der Waals surface area contributed by atoms with E-state index >= 15 is 0 Å². The van der Waals surface area contributed by atoms with E-state index < -0.39 is 10.8 Å². The fourth-order valence-corrected chi connectivity index (χ4v) is 3.69. The highest BCUT2D eigenvalue weighted by molar-refractivity contribution is 7.84. The third kappa shape index (κ3) is 7.93. The lowest BCUT2D eigenvalue weighted by Gasteiger charge is -2.15. The van der Waals surface area contributed by atoms with Gasteiger partial charge in [0.1, 0.15) is 0 Å². The van der Waals surface area contributed by atoms with Gasteiger partial charge in [0.2, 0.25) is 0 Å². The van der Waals surface area contributed by atoms with Crippen LogP contribution in [0.25, 0.3) is 0 Å². The Morgan fingerprint density at radius 3 is 2.37 bits per heavy atom. The van der Waals surface area contributed by atoms with E-state index in [9.17, 15) is 9.32 Å². The van der Waals surface area contributed by atoms with Crippen molar-refractivity contribution in [1.82, 2.24) is 10.6 Å². The molecule has 0 spiro atoms. The molecule has 0 saturated carbocycles. The number of aliphatic hydroxyl groups is 1. The van der Waals surface area contributed by atoms with Crippen molar-refractivity contribution in [3.05, 3.63) is 71.8 Å². The van der Waals surface area contributed by atoms with Gasteiger partial charge in [0, 0.05) is 41.3 Å². The van der Waals surface area contributed by atoms with Crippen LogP contribution in [0.3, 0.4) is 0 Å². The van der Waals surface area contributed by atoms with Gasteiger partial charge in [0.15, 0.2) is 5.96 Å². The zero-order valence-corrected chi connectivity index (χ0v) is 16.6. The molecule has 0 radical (unpaired) electrons. The molecule has 2 atom stereocenters. The van der Waals surface area contributed by atoms with Crippen molar-refractivity contribution in [2.45, 2.75) is 18.6 Å². The van der Waals surface area contributed by atoms with Crippen molar-refractivity contribution in [2.24, 2.45) is 4.99 Å². The van der Waals surface area contributed by atoms with E-state index in [0.717, 1.165) is 17.7 Å². The van der Waals surface area contributed by atoms with Gasteiger partial charge in [-0.1, -0.05) is 60.7 Å². The lowest BCUT2D eigenvalue weighted by Crippen LogP contribution is -2.39. The molecule has 0 amide bonds. The van der Waals surface area contributed by atoms with Crippen molar-refractivity contribution < 1.29 is 9.32 Å². The maximum absolute atomic E-state index is 12.2. The van der Waals surface area contributed by atoms with E-state index in [1.807, 2.05) is 67.6 Å². The average molecular weight is 388 g/mol. The Morgan fingerprint density at radius 1 is 1.07 bits per heavy atom. The first-order chi connectivity index (χ1) is 13.2. The van der Waals surface area contributed by atoms with Crippen LogP contribution in [-0.4, -0.2) is 47.3 Å². The van der Waals surface area contributed by atoms with E-state index in [4.69, 9.17) is 0 Å². The number of guanidine groups is 1. The molecule has 27 heavy (non-hydrogen) atoms. The Hall–Kier alpha value is -2.18. The molecule has 0 fully saturated rings. The van der Waals surface area contributed by atoms with Crippen LogP contribution in [0, 0.1) is 0 Å². The summed E-state index contributed by atoms with van der Waals surface area (Å²) in [5, 5.41) is 16.1. The van der Waals surface area contributed by atoms with Gasteiger partial charge in [0.05, 0.1) is 13.2 Å². The van der Waals surface area contributed by atoms with Gasteiger partial charge < -0.3 is 15.7 Å². The van der Waals surface area contributed by atoms with Gasteiger partial charge in [-0.15, -0.1) is 0 Å². The minimum absolute atomic E-state index is 0.0335. The summed E-state index contributed by atoms with van der Waals surface area (Å²) in [4.78, 5) is 4.58.